The van der Waals surface area contributed by atoms with Crippen molar-refractivity contribution in [2.45, 2.75) is 13.0 Å². The molecule has 0 amide bonds. The van der Waals surface area contributed by atoms with E-state index in [4.69, 9.17) is 21.1 Å². The first-order chi connectivity index (χ1) is 10.0. The predicted molar refractivity (Wildman–Crippen MR) is 95.8 cm³/mol. The van der Waals surface area contributed by atoms with Crippen molar-refractivity contribution in [2.75, 3.05) is 19.5 Å². The SMILES string of the molecule is COc1ccc(OC)c(C(C)Nc2ccc(Cl)cc2I)c1. The number of ether oxygens (including phenoxy) is 2. The molecular weight excluding hydrogens is 401 g/mol. The molecule has 0 aliphatic rings. The van der Waals surface area contributed by atoms with Gasteiger partial charge < -0.3 is 14.8 Å². The van der Waals surface area contributed by atoms with Gasteiger partial charge in [-0.1, -0.05) is 11.6 Å². The Kier molecular flexibility index (Phi) is 5.58. The lowest BCUT2D eigenvalue weighted by Crippen LogP contribution is -2.09. The highest BCUT2D eigenvalue weighted by atomic mass is 127. The summed E-state index contributed by atoms with van der Waals surface area (Å²) in [6.07, 6.45) is 0. The molecule has 0 spiro atoms. The molecule has 21 heavy (non-hydrogen) atoms. The van der Waals surface area contributed by atoms with Crippen LogP contribution in [0.15, 0.2) is 36.4 Å². The van der Waals surface area contributed by atoms with Gasteiger partial charge in [0.25, 0.3) is 0 Å². The van der Waals surface area contributed by atoms with Crippen molar-refractivity contribution in [1.82, 2.24) is 0 Å². The van der Waals surface area contributed by atoms with Crippen LogP contribution in [-0.2, 0) is 0 Å². The lowest BCUT2D eigenvalue weighted by atomic mass is 10.1. The van der Waals surface area contributed by atoms with Crippen molar-refractivity contribution in [1.29, 1.82) is 0 Å². The van der Waals surface area contributed by atoms with Crippen LogP contribution in [0.4, 0.5) is 5.69 Å². The van der Waals surface area contributed by atoms with Crippen molar-refractivity contribution in [3.8, 4) is 11.5 Å². The van der Waals surface area contributed by atoms with Gasteiger partial charge in [-0.25, -0.2) is 0 Å². The van der Waals surface area contributed by atoms with Gasteiger partial charge in [-0.15, -0.1) is 0 Å². The second-order valence-electron chi connectivity index (χ2n) is 4.60. The third kappa shape index (κ3) is 3.95. The van der Waals surface area contributed by atoms with Gasteiger partial charge in [0.1, 0.15) is 11.5 Å². The number of nitrogens with one attached hydrogen (secondary N) is 1. The van der Waals surface area contributed by atoms with E-state index in [2.05, 4.69) is 34.8 Å². The Morgan fingerprint density at radius 2 is 1.86 bits per heavy atom. The number of halogens is 2. The first kappa shape index (κ1) is 16.2. The summed E-state index contributed by atoms with van der Waals surface area (Å²) in [4.78, 5) is 0. The molecule has 0 bridgehead atoms. The molecule has 0 saturated carbocycles. The minimum Gasteiger partial charge on any atom is -0.497 e. The van der Waals surface area contributed by atoms with Crippen LogP contribution in [0.1, 0.15) is 18.5 Å². The zero-order valence-electron chi connectivity index (χ0n) is 12.1. The van der Waals surface area contributed by atoms with E-state index in [9.17, 15) is 0 Å². The second-order valence-corrected chi connectivity index (χ2v) is 6.20. The molecule has 1 N–H and O–H groups in total. The Hall–Kier alpha value is -1.14. The molecule has 1 unspecified atom stereocenters. The molecule has 5 heteroatoms. The first-order valence-electron chi connectivity index (χ1n) is 6.48. The van der Waals surface area contributed by atoms with Crippen molar-refractivity contribution in [3.05, 3.63) is 50.6 Å². The summed E-state index contributed by atoms with van der Waals surface area (Å²) in [6, 6.07) is 11.7. The van der Waals surface area contributed by atoms with Gasteiger partial charge in [0, 0.05) is 19.8 Å². The monoisotopic (exact) mass is 417 g/mol. The lowest BCUT2D eigenvalue weighted by molar-refractivity contribution is 0.397. The number of hydrogen-bond acceptors (Lipinski definition) is 3. The van der Waals surface area contributed by atoms with Crippen molar-refractivity contribution in [2.24, 2.45) is 0 Å². The van der Waals surface area contributed by atoms with Crippen LogP contribution in [-0.4, -0.2) is 14.2 Å². The maximum absolute atomic E-state index is 5.99. The maximum Gasteiger partial charge on any atom is 0.124 e. The number of rotatable bonds is 5. The fourth-order valence-electron chi connectivity index (χ4n) is 2.10. The van der Waals surface area contributed by atoms with Crippen LogP contribution in [0.2, 0.25) is 5.02 Å². The molecule has 2 rings (SSSR count). The minimum absolute atomic E-state index is 0.0738. The summed E-state index contributed by atoms with van der Waals surface area (Å²) in [5, 5.41) is 4.21. The molecule has 112 valence electrons. The normalized spacial score (nSPS) is 11.9. The van der Waals surface area contributed by atoms with Crippen LogP contribution in [0.5, 0.6) is 11.5 Å². The summed E-state index contributed by atoms with van der Waals surface area (Å²) in [5.74, 6) is 1.64. The fourth-order valence-corrected chi connectivity index (χ4v) is 3.12. The van der Waals surface area contributed by atoms with Gasteiger partial charge in [0.15, 0.2) is 0 Å². The number of methoxy groups -OCH3 is 2. The Balaban J connectivity index is 2.28. The molecule has 3 nitrogen and oxygen atoms in total. The van der Waals surface area contributed by atoms with Gasteiger partial charge in [-0.2, -0.15) is 0 Å². The van der Waals surface area contributed by atoms with E-state index in [0.717, 1.165) is 31.3 Å². The third-order valence-corrected chi connectivity index (χ3v) is 4.33. The zero-order valence-corrected chi connectivity index (χ0v) is 15.0. The van der Waals surface area contributed by atoms with Gasteiger partial charge in [-0.05, 0) is 65.9 Å². The molecule has 0 aliphatic carbocycles. The van der Waals surface area contributed by atoms with Gasteiger partial charge in [-0.3, -0.25) is 0 Å². The summed E-state index contributed by atoms with van der Waals surface area (Å²) < 4.78 is 11.8. The molecule has 0 fully saturated rings. The molecule has 0 heterocycles. The van der Waals surface area contributed by atoms with Crippen LogP contribution in [0, 0.1) is 3.57 Å². The van der Waals surface area contributed by atoms with E-state index in [0.29, 0.717) is 0 Å². The van der Waals surface area contributed by atoms with Crippen LogP contribution >= 0.6 is 34.2 Å². The molecule has 0 saturated heterocycles. The molecule has 0 aliphatic heterocycles. The molecule has 0 aromatic heterocycles. The second kappa shape index (κ2) is 7.22. The predicted octanol–water partition coefficient (Wildman–Crippen LogP) is 5.13. The van der Waals surface area contributed by atoms with Crippen molar-refractivity contribution < 1.29 is 9.47 Å². The molecule has 0 radical (unpaired) electrons. The lowest BCUT2D eigenvalue weighted by Gasteiger charge is -2.20. The Bertz CT molecular complexity index is 634. The fraction of sp³-hybridized carbons (Fsp3) is 0.250. The number of benzene rings is 2. The van der Waals surface area contributed by atoms with Gasteiger partial charge in [0.2, 0.25) is 0 Å². The molecule has 1 atom stereocenters. The zero-order chi connectivity index (χ0) is 15.4. The van der Waals surface area contributed by atoms with E-state index >= 15 is 0 Å². The van der Waals surface area contributed by atoms with Crippen molar-refractivity contribution in [3.63, 3.8) is 0 Å². The van der Waals surface area contributed by atoms with Crippen LogP contribution in [0.3, 0.4) is 0 Å². The van der Waals surface area contributed by atoms with E-state index in [1.807, 2.05) is 36.4 Å². The standard InChI is InChI=1S/C16H17ClINO2/c1-10(19-15-6-4-11(17)8-14(15)18)13-9-12(20-2)5-7-16(13)21-3/h4-10,19H,1-3H3. The smallest absolute Gasteiger partial charge is 0.124 e. The Morgan fingerprint density at radius 3 is 2.48 bits per heavy atom. The summed E-state index contributed by atoms with van der Waals surface area (Å²) in [7, 11) is 3.33. The topological polar surface area (TPSA) is 30.5 Å². The summed E-state index contributed by atoms with van der Waals surface area (Å²) >= 11 is 8.26. The molecule has 2 aromatic rings. The molecule has 2 aromatic carbocycles. The average molecular weight is 418 g/mol. The third-order valence-electron chi connectivity index (χ3n) is 3.21. The Morgan fingerprint density at radius 1 is 1.10 bits per heavy atom. The van der Waals surface area contributed by atoms with E-state index in [1.165, 1.54) is 0 Å². The highest BCUT2D eigenvalue weighted by Crippen LogP contribution is 2.32. The van der Waals surface area contributed by atoms with E-state index < -0.39 is 0 Å². The molecular formula is C16H17ClINO2. The highest BCUT2D eigenvalue weighted by molar-refractivity contribution is 14.1. The van der Waals surface area contributed by atoms with Gasteiger partial charge >= 0.3 is 0 Å². The minimum atomic E-state index is 0.0738. The number of anilines is 1. The summed E-state index contributed by atoms with van der Waals surface area (Å²) in [5.41, 5.74) is 2.08. The van der Waals surface area contributed by atoms with Crippen LogP contribution in [0.25, 0.3) is 0 Å². The Labute approximate surface area is 143 Å². The van der Waals surface area contributed by atoms with Crippen molar-refractivity contribution >= 4 is 39.9 Å². The summed E-state index contributed by atoms with van der Waals surface area (Å²) in [6.45, 7) is 2.09. The van der Waals surface area contributed by atoms with Gasteiger partial charge in [0.05, 0.1) is 20.3 Å². The first-order valence-corrected chi connectivity index (χ1v) is 7.94. The van der Waals surface area contributed by atoms with Crippen LogP contribution < -0.4 is 14.8 Å². The highest BCUT2D eigenvalue weighted by Gasteiger charge is 2.14. The van der Waals surface area contributed by atoms with E-state index in [1.54, 1.807) is 14.2 Å². The average Bonchev–Trinajstić information content (AvgIpc) is 2.49. The number of hydrogen-bond donors (Lipinski definition) is 1. The maximum atomic E-state index is 5.99. The largest absolute Gasteiger partial charge is 0.497 e. The van der Waals surface area contributed by atoms with E-state index in [-0.39, 0.29) is 6.04 Å². The quantitative estimate of drug-likeness (QED) is 0.684.